The fourth-order valence-corrected chi connectivity index (χ4v) is 3.22. The number of ether oxygens (including phenoxy) is 1. The van der Waals surface area contributed by atoms with Gasteiger partial charge in [0.25, 0.3) is 5.91 Å². The van der Waals surface area contributed by atoms with Crippen LogP contribution in [0.5, 0.6) is 5.75 Å². The van der Waals surface area contributed by atoms with E-state index in [0.29, 0.717) is 21.9 Å². The summed E-state index contributed by atoms with van der Waals surface area (Å²) in [6.07, 6.45) is 4.50. The first-order valence-electron chi connectivity index (χ1n) is 9.35. The Hall–Kier alpha value is -4.03. The average molecular weight is 430 g/mol. The van der Waals surface area contributed by atoms with Gasteiger partial charge in [0.2, 0.25) is 0 Å². The smallest absolute Gasteiger partial charge is 0.345 e. The third kappa shape index (κ3) is 4.60. The van der Waals surface area contributed by atoms with E-state index >= 15 is 0 Å². The lowest BCUT2D eigenvalue weighted by atomic mass is 10.0. The van der Waals surface area contributed by atoms with Crippen molar-refractivity contribution in [2.24, 2.45) is 5.10 Å². The Morgan fingerprint density at radius 1 is 0.935 bits per heavy atom. The van der Waals surface area contributed by atoms with Gasteiger partial charge < -0.3 is 4.74 Å². The lowest BCUT2D eigenvalue weighted by molar-refractivity contribution is 0.0734. The van der Waals surface area contributed by atoms with Crippen LogP contribution in [0.15, 0.2) is 90.3 Å². The van der Waals surface area contributed by atoms with Crippen molar-refractivity contribution in [3.05, 3.63) is 107 Å². The van der Waals surface area contributed by atoms with Gasteiger partial charge in [-0.05, 0) is 41.1 Å². The Morgan fingerprint density at radius 2 is 1.68 bits per heavy atom. The molecule has 4 rings (SSSR count). The van der Waals surface area contributed by atoms with Crippen LogP contribution in [0.1, 0.15) is 26.3 Å². The zero-order valence-electron chi connectivity index (χ0n) is 16.2. The molecule has 0 atom stereocenters. The van der Waals surface area contributed by atoms with Crippen molar-refractivity contribution in [2.75, 3.05) is 0 Å². The molecule has 7 heteroatoms. The molecular formula is C24H16ClN3O3. The van der Waals surface area contributed by atoms with E-state index in [2.05, 4.69) is 15.5 Å². The molecule has 1 aromatic heterocycles. The van der Waals surface area contributed by atoms with E-state index in [1.807, 2.05) is 30.3 Å². The van der Waals surface area contributed by atoms with Crippen LogP contribution in [-0.2, 0) is 0 Å². The number of aromatic nitrogens is 1. The number of nitrogens with zero attached hydrogens (tertiary/aromatic N) is 2. The third-order valence-corrected chi connectivity index (χ3v) is 4.86. The fraction of sp³-hybridized carbons (Fsp3) is 0. The van der Waals surface area contributed by atoms with Gasteiger partial charge in [-0.15, -0.1) is 0 Å². The van der Waals surface area contributed by atoms with Crippen molar-refractivity contribution in [2.45, 2.75) is 0 Å². The minimum absolute atomic E-state index is 0.256. The maximum Gasteiger partial charge on any atom is 0.345 e. The van der Waals surface area contributed by atoms with E-state index < -0.39 is 5.97 Å². The highest BCUT2D eigenvalue weighted by molar-refractivity contribution is 6.33. The second-order valence-electron chi connectivity index (χ2n) is 6.50. The molecule has 4 aromatic rings. The van der Waals surface area contributed by atoms with Crippen LogP contribution in [-0.4, -0.2) is 23.1 Å². The lowest BCUT2D eigenvalue weighted by Gasteiger charge is -2.11. The molecular weight excluding hydrogens is 414 g/mol. The fourth-order valence-electron chi connectivity index (χ4n) is 3.00. The van der Waals surface area contributed by atoms with Crippen molar-refractivity contribution in [3.8, 4) is 5.75 Å². The SMILES string of the molecule is O=C(N/N=C\c1c(OC(=O)c2ccccc2Cl)ccc2ccccc12)c1ccncc1. The van der Waals surface area contributed by atoms with Gasteiger partial charge in [0, 0.05) is 23.5 Å². The number of carbonyl (C=O) groups is 2. The van der Waals surface area contributed by atoms with Gasteiger partial charge in [-0.25, -0.2) is 10.2 Å². The van der Waals surface area contributed by atoms with E-state index in [9.17, 15) is 9.59 Å². The van der Waals surface area contributed by atoms with Crippen molar-refractivity contribution in [1.82, 2.24) is 10.4 Å². The molecule has 0 aliphatic carbocycles. The number of hydrazone groups is 1. The Morgan fingerprint density at radius 3 is 2.48 bits per heavy atom. The van der Waals surface area contributed by atoms with Crippen LogP contribution in [0.3, 0.4) is 0 Å². The predicted molar refractivity (Wildman–Crippen MR) is 120 cm³/mol. The van der Waals surface area contributed by atoms with Gasteiger partial charge in [-0.2, -0.15) is 5.10 Å². The first kappa shape index (κ1) is 20.3. The zero-order valence-corrected chi connectivity index (χ0v) is 16.9. The maximum absolute atomic E-state index is 12.7. The Balaban J connectivity index is 1.65. The van der Waals surface area contributed by atoms with Gasteiger partial charge in [-0.1, -0.05) is 54.1 Å². The molecule has 31 heavy (non-hydrogen) atoms. The van der Waals surface area contributed by atoms with Crippen LogP contribution in [0, 0.1) is 0 Å². The first-order chi connectivity index (χ1) is 15.1. The summed E-state index contributed by atoms with van der Waals surface area (Å²) < 4.78 is 5.63. The minimum Gasteiger partial charge on any atom is -0.422 e. The number of hydrogen-bond acceptors (Lipinski definition) is 5. The number of benzene rings is 3. The summed E-state index contributed by atoms with van der Waals surface area (Å²) in [5.74, 6) is -0.671. The summed E-state index contributed by atoms with van der Waals surface area (Å²) in [4.78, 5) is 28.8. The normalized spacial score (nSPS) is 10.9. The van der Waals surface area contributed by atoms with Gasteiger partial charge >= 0.3 is 5.97 Å². The molecule has 0 saturated heterocycles. The lowest BCUT2D eigenvalue weighted by Crippen LogP contribution is -2.17. The highest BCUT2D eigenvalue weighted by Crippen LogP contribution is 2.28. The second kappa shape index (κ2) is 9.19. The number of esters is 1. The van der Waals surface area contributed by atoms with Crippen LogP contribution >= 0.6 is 11.6 Å². The number of pyridine rings is 1. The number of nitrogens with one attached hydrogen (secondary N) is 1. The summed E-state index contributed by atoms with van der Waals surface area (Å²) in [7, 11) is 0. The number of rotatable bonds is 5. The molecule has 0 aliphatic heterocycles. The van der Waals surface area contributed by atoms with Crippen molar-refractivity contribution < 1.29 is 14.3 Å². The van der Waals surface area contributed by atoms with Crippen molar-refractivity contribution in [3.63, 3.8) is 0 Å². The van der Waals surface area contributed by atoms with E-state index in [-0.39, 0.29) is 11.5 Å². The summed E-state index contributed by atoms with van der Waals surface area (Å²) in [5, 5.41) is 6.11. The molecule has 0 bridgehead atoms. The first-order valence-corrected chi connectivity index (χ1v) is 9.73. The Bertz CT molecular complexity index is 1290. The quantitative estimate of drug-likeness (QED) is 0.212. The molecule has 0 saturated carbocycles. The predicted octanol–water partition coefficient (Wildman–Crippen LogP) is 4.87. The van der Waals surface area contributed by atoms with Crippen LogP contribution in [0.4, 0.5) is 0 Å². The number of fused-ring (bicyclic) bond motifs is 1. The van der Waals surface area contributed by atoms with Crippen molar-refractivity contribution >= 4 is 40.5 Å². The summed E-state index contributed by atoms with van der Waals surface area (Å²) in [6, 6.07) is 20.9. The maximum atomic E-state index is 12.7. The average Bonchev–Trinajstić information content (AvgIpc) is 2.81. The standard InChI is InChI=1S/C24H16ClN3O3/c25-21-8-4-3-7-19(21)24(30)31-22-10-9-16-5-1-2-6-18(16)20(22)15-27-28-23(29)17-11-13-26-14-12-17/h1-15H,(H,28,29)/b27-15-. The topological polar surface area (TPSA) is 80.6 Å². The zero-order chi connectivity index (χ0) is 21.6. The second-order valence-corrected chi connectivity index (χ2v) is 6.91. The van der Waals surface area contributed by atoms with Crippen LogP contribution < -0.4 is 10.2 Å². The van der Waals surface area contributed by atoms with E-state index in [1.54, 1.807) is 42.5 Å². The Kier molecular flexibility index (Phi) is 6.01. The van der Waals surface area contributed by atoms with E-state index in [1.165, 1.54) is 18.6 Å². The van der Waals surface area contributed by atoms with Gasteiger partial charge in [0.05, 0.1) is 16.8 Å². The highest BCUT2D eigenvalue weighted by atomic mass is 35.5. The number of carbonyl (C=O) groups excluding carboxylic acids is 2. The van der Waals surface area contributed by atoms with Crippen molar-refractivity contribution in [1.29, 1.82) is 0 Å². The van der Waals surface area contributed by atoms with Crippen LogP contribution in [0.2, 0.25) is 5.02 Å². The third-order valence-electron chi connectivity index (χ3n) is 4.53. The van der Waals surface area contributed by atoms with E-state index in [4.69, 9.17) is 16.3 Å². The summed E-state index contributed by atoms with van der Waals surface area (Å²) >= 11 is 6.12. The van der Waals surface area contributed by atoms with Gasteiger partial charge in [0.15, 0.2) is 0 Å². The number of amides is 1. The molecule has 152 valence electrons. The molecule has 0 radical (unpaired) electrons. The molecule has 3 aromatic carbocycles. The molecule has 0 unspecified atom stereocenters. The highest BCUT2D eigenvalue weighted by Gasteiger charge is 2.15. The number of halogens is 1. The number of hydrogen-bond donors (Lipinski definition) is 1. The molecule has 0 spiro atoms. The molecule has 1 heterocycles. The monoisotopic (exact) mass is 429 g/mol. The van der Waals surface area contributed by atoms with Gasteiger partial charge in [-0.3, -0.25) is 9.78 Å². The van der Waals surface area contributed by atoms with E-state index in [0.717, 1.165) is 10.8 Å². The molecule has 0 aliphatic rings. The minimum atomic E-state index is -0.587. The van der Waals surface area contributed by atoms with Crippen LogP contribution in [0.25, 0.3) is 10.8 Å². The van der Waals surface area contributed by atoms with Gasteiger partial charge in [0.1, 0.15) is 5.75 Å². The molecule has 1 amide bonds. The molecule has 1 N–H and O–H groups in total. The Labute approximate surface area is 183 Å². The summed E-state index contributed by atoms with van der Waals surface area (Å²) in [6.45, 7) is 0. The molecule has 0 fully saturated rings. The summed E-state index contributed by atoms with van der Waals surface area (Å²) in [5.41, 5.74) is 3.71. The largest absolute Gasteiger partial charge is 0.422 e. The molecule has 6 nitrogen and oxygen atoms in total.